The number of carboxylic acids is 2. The monoisotopic (exact) mass is 552 g/mol. The van der Waals surface area contributed by atoms with Crippen LogP contribution in [0.25, 0.3) is 5.52 Å². The highest BCUT2D eigenvalue weighted by atomic mass is 16.6. The van der Waals surface area contributed by atoms with Crippen molar-refractivity contribution in [3.05, 3.63) is 24.2 Å². The molecule has 4 rings (SSSR count). The lowest BCUT2D eigenvalue weighted by molar-refractivity contribution is -0.145. The second-order valence-electron chi connectivity index (χ2n) is 7.63. The van der Waals surface area contributed by atoms with Gasteiger partial charge >= 0.3 is 18.2 Å². The van der Waals surface area contributed by atoms with Crippen LogP contribution >= 0.6 is 0 Å². The fourth-order valence-corrected chi connectivity index (χ4v) is 3.43. The number of rotatable bonds is 4. The number of anilines is 1. The standard InChI is InChI=1S/C17H19N5O7.2C2H4O2.CHN/c1-26-15(23)12-7-28-17(25)21(12)16(24)27-6-9-2-5-13(29-9)10-3-4-11-14(18)19-8-20-22(10)11;2*1-2(3)4;1-2/h3-4,8-9,12-13H,2,5-7H2,1H3,(H2,18,19,20);2*1H3,(H,3,4);1H. The fourth-order valence-electron chi connectivity index (χ4n) is 3.43. The van der Waals surface area contributed by atoms with Crippen LogP contribution in [0.15, 0.2) is 18.5 Å². The molecule has 2 aliphatic rings. The van der Waals surface area contributed by atoms with E-state index in [0.29, 0.717) is 29.1 Å². The quantitative estimate of drug-likeness (QED) is 0.353. The molecule has 2 aliphatic heterocycles. The van der Waals surface area contributed by atoms with E-state index in [1.165, 1.54) is 6.33 Å². The van der Waals surface area contributed by atoms with Gasteiger partial charge in [-0.2, -0.15) is 10.00 Å². The number of cyclic esters (lactones) is 1. The molecule has 0 aromatic carbocycles. The number of nitrogens with two attached hydrogens (primary N) is 1. The van der Waals surface area contributed by atoms with Crippen LogP contribution in [0, 0.1) is 11.8 Å². The van der Waals surface area contributed by atoms with Crippen molar-refractivity contribution in [3.63, 3.8) is 0 Å². The van der Waals surface area contributed by atoms with E-state index >= 15 is 0 Å². The van der Waals surface area contributed by atoms with Gasteiger partial charge in [0.2, 0.25) is 0 Å². The summed E-state index contributed by atoms with van der Waals surface area (Å²) in [5.41, 5.74) is 7.34. The average molecular weight is 552 g/mol. The molecule has 3 unspecified atom stereocenters. The number of ether oxygens (including phenoxy) is 4. The van der Waals surface area contributed by atoms with Crippen LogP contribution in [-0.2, 0) is 33.3 Å². The molecule has 0 saturated carbocycles. The molecule has 212 valence electrons. The van der Waals surface area contributed by atoms with Gasteiger partial charge in [-0.1, -0.05) is 0 Å². The van der Waals surface area contributed by atoms with E-state index in [2.05, 4.69) is 21.4 Å². The van der Waals surface area contributed by atoms with Crippen LogP contribution in [-0.4, -0.2) is 92.3 Å². The summed E-state index contributed by atoms with van der Waals surface area (Å²) in [6.45, 7) is 5.32. The minimum Gasteiger partial charge on any atom is -0.481 e. The van der Waals surface area contributed by atoms with Gasteiger partial charge in [0.1, 0.15) is 31.2 Å². The van der Waals surface area contributed by atoms with E-state index < -0.39 is 36.1 Å². The number of esters is 1. The lowest BCUT2D eigenvalue weighted by Crippen LogP contribution is -2.45. The Bertz CT molecular complexity index is 1180. The highest BCUT2D eigenvalue weighted by molar-refractivity contribution is 5.95. The number of fused-ring (bicyclic) bond motifs is 1. The van der Waals surface area contributed by atoms with Crippen molar-refractivity contribution in [2.24, 2.45) is 0 Å². The van der Waals surface area contributed by atoms with Crippen molar-refractivity contribution in [3.8, 4) is 6.57 Å². The molecule has 17 heteroatoms. The summed E-state index contributed by atoms with van der Waals surface area (Å²) in [7, 11) is 1.16. The molecule has 17 nitrogen and oxygen atoms in total. The second kappa shape index (κ2) is 15.3. The van der Waals surface area contributed by atoms with Gasteiger partial charge in [-0.25, -0.2) is 29.1 Å². The first-order valence-electron chi connectivity index (χ1n) is 11.0. The van der Waals surface area contributed by atoms with Crippen LogP contribution in [0.3, 0.4) is 0 Å². The number of nitriles is 1. The molecule has 3 atom stereocenters. The molecule has 2 aromatic rings. The number of nitrogens with zero attached hydrogens (tertiary/aromatic N) is 5. The molecule has 4 heterocycles. The molecular weight excluding hydrogens is 524 g/mol. The zero-order valence-corrected chi connectivity index (χ0v) is 21.3. The molecule has 39 heavy (non-hydrogen) atoms. The summed E-state index contributed by atoms with van der Waals surface area (Å²) in [5, 5.41) is 25.5. The summed E-state index contributed by atoms with van der Waals surface area (Å²) >= 11 is 0. The maximum absolute atomic E-state index is 12.3. The van der Waals surface area contributed by atoms with Crippen LogP contribution in [0.5, 0.6) is 0 Å². The maximum atomic E-state index is 12.3. The van der Waals surface area contributed by atoms with Gasteiger partial charge in [-0.3, -0.25) is 9.59 Å². The van der Waals surface area contributed by atoms with Crippen molar-refractivity contribution in [1.29, 1.82) is 5.26 Å². The summed E-state index contributed by atoms with van der Waals surface area (Å²) in [6.07, 6.45) is 0.133. The Morgan fingerprint density at radius 2 is 1.79 bits per heavy atom. The van der Waals surface area contributed by atoms with E-state index in [1.54, 1.807) is 4.52 Å². The van der Waals surface area contributed by atoms with Crippen molar-refractivity contribution in [2.45, 2.75) is 44.9 Å². The third-order valence-corrected chi connectivity index (χ3v) is 4.88. The van der Waals surface area contributed by atoms with Crippen LogP contribution < -0.4 is 5.73 Å². The molecule has 0 spiro atoms. The molecule has 2 amide bonds. The number of amides is 2. The normalized spacial score (nSPS) is 19.2. The van der Waals surface area contributed by atoms with Gasteiger partial charge < -0.3 is 34.9 Å². The number of imide groups is 1. The Morgan fingerprint density at radius 3 is 2.38 bits per heavy atom. The zero-order chi connectivity index (χ0) is 29.7. The number of carbonyl (C=O) groups is 5. The fraction of sp³-hybridized carbons (Fsp3) is 0.455. The summed E-state index contributed by atoms with van der Waals surface area (Å²) in [6, 6.07) is 2.52. The Balaban J connectivity index is 0.000000663. The van der Waals surface area contributed by atoms with Crippen molar-refractivity contribution < 1.29 is 53.1 Å². The molecule has 2 fully saturated rings. The van der Waals surface area contributed by atoms with Crippen molar-refractivity contribution in [2.75, 3.05) is 26.1 Å². The van der Waals surface area contributed by atoms with Crippen LogP contribution in [0.1, 0.15) is 38.5 Å². The average Bonchev–Trinajstić information content (AvgIpc) is 3.61. The first kappa shape index (κ1) is 32.0. The summed E-state index contributed by atoms with van der Waals surface area (Å²) < 4.78 is 22.1. The molecule has 2 saturated heterocycles. The smallest absolute Gasteiger partial charge is 0.420 e. The minimum absolute atomic E-state index is 0.0760. The molecule has 0 bridgehead atoms. The third kappa shape index (κ3) is 9.12. The van der Waals surface area contributed by atoms with Crippen molar-refractivity contribution in [1.82, 2.24) is 19.5 Å². The molecular formula is C22H28N6O11. The Labute approximate surface area is 221 Å². The Kier molecular flexibility index (Phi) is 12.6. The zero-order valence-electron chi connectivity index (χ0n) is 21.3. The predicted octanol–water partition coefficient (Wildman–Crippen LogP) is 0.984. The summed E-state index contributed by atoms with van der Waals surface area (Å²) in [5.74, 6) is -2.06. The number of carbonyl (C=O) groups excluding carboxylic acids is 3. The molecule has 0 aliphatic carbocycles. The number of aliphatic carboxylic acids is 2. The van der Waals surface area contributed by atoms with E-state index in [4.69, 9.17) is 45.0 Å². The number of methoxy groups -OCH3 is 1. The molecule has 2 aromatic heterocycles. The number of aromatic nitrogens is 3. The molecule has 0 radical (unpaired) electrons. The summed E-state index contributed by atoms with van der Waals surface area (Å²) in [4.78, 5) is 58.3. The largest absolute Gasteiger partial charge is 0.481 e. The second-order valence-corrected chi connectivity index (χ2v) is 7.63. The number of hydrogen-bond donors (Lipinski definition) is 3. The highest BCUT2D eigenvalue weighted by Crippen LogP contribution is 2.34. The van der Waals surface area contributed by atoms with Crippen LogP contribution in [0.4, 0.5) is 15.4 Å². The van der Waals surface area contributed by atoms with Crippen LogP contribution in [0.2, 0.25) is 0 Å². The lowest BCUT2D eigenvalue weighted by Gasteiger charge is -2.19. The number of carboxylic acid groups (broad SMARTS) is 2. The predicted molar refractivity (Wildman–Crippen MR) is 128 cm³/mol. The minimum atomic E-state index is -1.16. The third-order valence-electron chi connectivity index (χ3n) is 4.88. The van der Waals surface area contributed by atoms with Gasteiger partial charge in [-0.05, 0) is 25.0 Å². The maximum Gasteiger partial charge on any atom is 0.420 e. The van der Waals surface area contributed by atoms with Gasteiger partial charge in [0.15, 0.2) is 11.9 Å². The first-order chi connectivity index (χ1) is 18.5. The van der Waals surface area contributed by atoms with Gasteiger partial charge in [0, 0.05) is 20.4 Å². The SMILES string of the molecule is C#N.CC(=O)O.CC(=O)O.COC(=O)C1COC(=O)N1C(=O)OCC1CCC(c2ccc3c(N)ncnn23)O1. The van der Waals surface area contributed by atoms with Gasteiger partial charge in [0.05, 0.1) is 18.9 Å². The molecule has 4 N–H and O–H groups in total. The highest BCUT2D eigenvalue weighted by Gasteiger charge is 2.44. The Morgan fingerprint density at radius 1 is 1.18 bits per heavy atom. The van der Waals surface area contributed by atoms with Gasteiger partial charge in [0.25, 0.3) is 11.9 Å². The topological polar surface area (TPSA) is 246 Å². The van der Waals surface area contributed by atoms with E-state index in [1.807, 2.05) is 12.1 Å². The van der Waals surface area contributed by atoms with E-state index in [9.17, 15) is 14.4 Å². The lowest BCUT2D eigenvalue weighted by atomic mass is 10.1. The Hall–Kier alpha value is -4.98. The number of hydrogen-bond acceptors (Lipinski definition) is 13. The van der Waals surface area contributed by atoms with Gasteiger partial charge in [-0.15, -0.1) is 0 Å². The van der Waals surface area contributed by atoms with Crippen molar-refractivity contribution >= 4 is 41.4 Å². The van der Waals surface area contributed by atoms with E-state index in [-0.39, 0.29) is 25.4 Å². The van der Waals surface area contributed by atoms with E-state index in [0.717, 1.165) is 26.7 Å². The first-order valence-corrected chi connectivity index (χ1v) is 11.0. The number of nitrogen functional groups attached to an aromatic ring is 1.